The van der Waals surface area contributed by atoms with Gasteiger partial charge < -0.3 is 0 Å². The van der Waals surface area contributed by atoms with E-state index < -0.39 is 14.8 Å². The maximum Gasteiger partial charge on any atom is 0 e. The fourth-order valence-electron chi connectivity index (χ4n) is 4.90. The van der Waals surface area contributed by atoms with E-state index in [2.05, 4.69) is 41.5 Å². The van der Waals surface area contributed by atoms with Gasteiger partial charge in [0.2, 0.25) is 0 Å². The van der Waals surface area contributed by atoms with Gasteiger partial charge in [-0.2, -0.15) is 0 Å². The van der Waals surface area contributed by atoms with Crippen LogP contribution in [0, 0.1) is 0 Å². The molecule has 0 aromatic heterocycles. The molecule has 31 heavy (non-hydrogen) atoms. The number of carbonyl (C=O) groups excluding carboxylic acids is 1. The summed E-state index contributed by atoms with van der Waals surface area (Å²) in [6.07, 6.45) is 23.4. The van der Waals surface area contributed by atoms with E-state index in [0.29, 0.717) is 0 Å². The van der Waals surface area contributed by atoms with E-state index in [9.17, 15) is 4.79 Å². The first-order valence-electron chi connectivity index (χ1n) is 13.7. The molecule has 0 radical (unpaired) electrons. The van der Waals surface area contributed by atoms with Crippen LogP contribution in [0.5, 0.6) is 0 Å². The molecule has 0 N–H and O–H groups in total. The van der Waals surface area contributed by atoms with Crippen LogP contribution in [0.25, 0.3) is 0 Å². The Morgan fingerprint density at radius 1 is 0.548 bits per heavy atom. The SMILES string of the molecule is CCCC[PH](CCCC)(CCCC)CC(=O)O[PH](CCCC)(CCCC)CCCC.[Pd]. The number of rotatable bonds is 21. The molecule has 0 aliphatic rings. The molecule has 0 saturated heterocycles. The van der Waals surface area contributed by atoms with E-state index in [1.54, 1.807) is 0 Å². The summed E-state index contributed by atoms with van der Waals surface area (Å²) < 4.78 is 6.67. The van der Waals surface area contributed by atoms with Crippen molar-refractivity contribution in [1.29, 1.82) is 0 Å². The molecule has 0 atom stereocenters. The summed E-state index contributed by atoms with van der Waals surface area (Å²) in [5.41, 5.74) is 0. The summed E-state index contributed by atoms with van der Waals surface area (Å²) in [6.45, 7) is 13.7. The van der Waals surface area contributed by atoms with Crippen molar-refractivity contribution in [3.05, 3.63) is 0 Å². The van der Waals surface area contributed by atoms with Gasteiger partial charge in [-0.1, -0.05) is 0 Å². The van der Waals surface area contributed by atoms with Crippen molar-refractivity contribution in [2.45, 2.75) is 119 Å². The van der Waals surface area contributed by atoms with Crippen LogP contribution in [0.4, 0.5) is 0 Å². The molecule has 5 heteroatoms. The van der Waals surface area contributed by atoms with Gasteiger partial charge in [-0.3, -0.25) is 0 Å². The topological polar surface area (TPSA) is 26.3 Å². The first kappa shape index (κ1) is 34.2. The Labute approximate surface area is 211 Å². The van der Waals surface area contributed by atoms with Crippen LogP contribution >= 0.6 is 14.8 Å². The van der Waals surface area contributed by atoms with E-state index >= 15 is 0 Å². The summed E-state index contributed by atoms with van der Waals surface area (Å²) in [7, 11) is -3.51. The molecule has 194 valence electrons. The summed E-state index contributed by atoms with van der Waals surface area (Å²) in [5, 5.41) is 0. The predicted octanol–water partition coefficient (Wildman–Crippen LogP) is 8.74. The molecule has 0 aromatic rings. The second kappa shape index (κ2) is 21.5. The van der Waals surface area contributed by atoms with Crippen molar-refractivity contribution >= 4 is 20.7 Å². The molecule has 0 bridgehead atoms. The van der Waals surface area contributed by atoms with E-state index in [4.69, 9.17) is 4.52 Å². The fraction of sp³-hybridized carbons (Fsp3) is 0.962. The van der Waals surface area contributed by atoms with E-state index in [1.165, 1.54) is 114 Å². The monoisotopic (exact) mass is 570 g/mol. The van der Waals surface area contributed by atoms with Crippen molar-refractivity contribution in [2.24, 2.45) is 0 Å². The van der Waals surface area contributed by atoms with Crippen LogP contribution in [-0.2, 0) is 29.7 Å². The number of hydrogen-bond acceptors (Lipinski definition) is 2. The zero-order valence-corrected chi connectivity index (χ0v) is 25.6. The summed E-state index contributed by atoms with van der Waals surface area (Å²) in [5.74, 6) is 0.222. The van der Waals surface area contributed by atoms with Crippen LogP contribution in [0.3, 0.4) is 0 Å². The van der Waals surface area contributed by atoms with Crippen LogP contribution in [0.15, 0.2) is 0 Å². The van der Waals surface area contributed by atoms with Crippen molar-refractivity contribution in [3.8, 4) is 0 Å². The number of carbonyl (C=O) groups is 1. The summed E-state index contributed by atoms with van der Waals surface area (Å²) in [6, 6.07) is 0. The molecule has 0 rings (SSSR count). The molecule has 0 amide bonds. The van der Waals surface area contributed by atoms with Gasteiger partial charge in [-0.05, 0) is 0 Å². The molecule has 0 fully saturated rings. The van der Waals surface area contributed by atoms with Gasteiger partial charge in [0.15, 0.2) is 0 Å². The normalized spacial score (nSPS) is 13.0. The van der Waals surface area contributed by atoms with Gasteiger partial charge in [0.05, 0.1) is 0 Å². The van der Waals surface area contributed by atoms with Gasteiger partial charge in [-0.15, -0.1) is 0 Å². The maximum atomic E-state index is 13.5. The molecule has 0 spiro atoms. The van der Waals surface area contributed by atoms with Crippen LogP contribution in [0.1, 0.15) is 119 Å². The molecule has 0 aliphatic heterocycles. The molecule has 0 saturated carbocycles. The molecular formula is C26H58O2P2Pd. The van der Waals surface area contributed by atoms with Crippen molar-refractivity contribution < 1.29 is 29.7 Å². The molecule has 0 aliphatic carbocycles. The van der Waals surface area contributed by atoms with Crippen molar-refractivity contribution in [2.75, 3.05) is 43.1 Å². The second-order valence-corrected chi connectivity index (χ2v) is 18.9. The Morgan fingerprint density at radius 2 is 0.839 bits per heavy atom. The minimum Gasteiger partial charge on any atom is 0 e. The third-order valence-electron chi connectivity index (χ3n) is 6.99. The first-order valence-corrected chi connectivity index (χ1v) is 19.0. The zero-order chi connectivity index (χ0) is 22.7. The number of unbranched alkanes of at least 4 members (excludes halogenated alkanes) is 6. The Bertz CT molecular complexity index is 339. The minimum atomic E-state index is -1.94. The van der Waals surface area contributed by atoms with Gasteiger partial charge in [0, 0.05) is 20.4 Å². The minimum absolute atomic E-state index is 0. The van der Waals surface area contributed by atoms with Crippen LogP contribution < -0.4 is 0 Å². The van der Waals surface area contributed by atoms with E-state index in [0.717, 1.165) is 6.16 Å². The Balaban J connectivity index is 0. The maximum absolute atomic E-state index is 13.5. The second-order valence-electron chi connectivity index (χ2n) is 9.96. The largest absolute Gasteiger partial charge is 0 e. The third kappa shape index (κ3) is 15.5. The fourth-order valence-corrected chi connectivity index (χ4v) is 14.9. The smallest absolute Gasteiger partial charge is 0 e. The average Bonchev–Trinajstić information content (AvgIpc) is 2.75. The molecule has 0 aromatic carbocycles. The number of hydrogen-bond donors (Lipinski definition) is 0. The standard InChI is InChI=1S/C26H58O2P2.Pd/c1-7-13-19-29(20-14-8-2,21-15-9-3)25-26(27)28-30(22-16-10-4,23-17-11-5)24-18-12-6;/h29-30H,7-25H2,1-6H3;. The summed E-state index contributed by atoms with van der Waals surface area (Å²) >= 11 is 0. The Morgan fingerprint density at radius 3 is 1.13 bits per heavy atom. The van der Waals surface area contributed by atoms with E-state index in [1.807, 2.05) is 0 Å². The predicted molar refractivity (Wildman–Crippen MR) is 146 cm³/mol. The van der Waals surface area contributed by atoms with Gasteiger partial charge in [0.25, 0.3) is 0 Å². The molecule has 0 heterocycles. The Hall–Kier alpha value is 0.992. The van der Waals surface area contributed by atoms with Crippen LogP contribution in [0.2, 0.25) is 0 Å². The average molecular weight is 571 g/mol. The van der Waals surface area contributed by atoms with Gasteiger partial charge in [0.1, 0.15) is 0 Å². The van der Waals surface area contributed by atoms with Crippen molar-refractivity contribution in [1.82, 2.24) is 0 Å². The molecule has 2 nitrogen and oxygen atoms in total. The van der Waals surface area contributed by atoms with Crippen molar-refractivity contribution in [3.63, 3.8) is 0 Å². The van der Waals surface area contributed by atoms with Crippen LogP contribution in [-0.4, -0.2) is 49.1 Å². The quantitative estimate of drug-likeness (QED) is 0.102. The van der Waals surface area contributed by atoms with E-state index in [-0.39, 0.29) is 26.4 Å². The van der Waals surface area contributed by atoms with Gasteiger partial charge in [-0.25, -0.2) is 0 Å². The zero-order valence-electron chi connectivity index (χ0n) is 22.1. The molecule has 0 unspecified atom stereocenters. The first-order chi connectivity index (χ1) is 14.5. The Kier molecular flexibility index (Phi) is 23.7. The summed E-state index contributed by atoms with van der Waals surface area (Å²) in [4.78, 5) is 13.5. The third-order valence-corrected chi connectivity index (χ3v) is 16.7. The molecular weight excluding hydrogens is 513 g/mol. The van der Waals surface area contributed by atoms with Gasteiger partial charge >= 0.3 is 192 Å².